The predicted octanol–water partition coefficient (Wildman–Crippen LogP) is 3.43. The van der Waals surface area contributed by atoms with Crippen molar-refractivity contribution < 1.29 is 0 Å². The number of aromatic nitrogens is 5. The van der Waals surface area contributed by atoms with Crippen LogP contribution in [0.3, 0.4) is 0 Å². The average molecular weight is 359 g/mol. The van der Waals surface area contributed by atoms with E-state index in [4.69, 9.17) is 4.98 Å². The van der Waals surface area contributed by atoms with Crippen molar-refractivity contribution in [2.45, 2.75) is 13.0 Å². The minimum atomic E-state index is 0.815. The Morgan fingerprint density at radius 3 is 2.89 bits per heavy atom. The molecule has 0 saturated carbocycles. The highest BCUT2D eigenvalue weighted by Crippen LogP contribution is 2.28. The fourth-order valence-electron chi connectivity index (χ4n) is 2.99. The molecule has 0 aliphatic carbocycles. The van der Waals surface area contributed by atoms with Gasteiger partial charge in [-0.25, -0.2) is 15.0 Å². The highest BCUT2D eigenvalue weighted by molar-refractivity contribution is 5.94. The van der Waals surface area contributed by atoms with Crippen molar-refractivity contribution in [3.8, 4) is 11.3 Å². The van der Waals surface area contributed by atoms with Crippen LogP contribution in [0.2, 0.25) is 0 Å². The smallest absolute Gasteiger partial charge is 0.134 e. The molecule has 136 valence electrons. The van der Waals surface area contributed by atoms with Gasteiger partial charge in [0.2, 0.25) is 0 Å². The van der Waals surface area contributed by atoms with E-state index in [9.17, 15) is 0 Å². The van der Waals surface area contributed by atoms with Gasteiger partial charge in [0.25, 0.3) is 0 Å². The zero-order valence-electron chi connectivity index (χ0n) is 15.1. The van der Waals surface area contributed by atoms with E-state index >= 15 is 0 Å². The molecule has 4 heterocycles. The first-order valence-corrected chi connectivity index (χ1v) is 8.92. The van der Waals surface area contributed by atoms with Gasteiger partial charge in [-0.2, -0.15) is 0 Å². The first-order valence-electron chi connectivity index (χ1n) is 8.92. The zero-order valence-corrected chi connectivity index (χ0v) is 15.1. The van der Waals surface area contributed by atoms with Gasteiger partial charge in [0.05, 0.1) is 12.0 Å². The van der Waals surface area contributed by atoms with Gasteiger partial charge in [-0.3, -0.25) is 4.98 Å². The second-order valence-electron chi connectivity index (χ2n) is 6.21. The van der Waals surface area contributed by atoms with E-state index in [-0.39, 0.29) is 0 Å². The third-order valence-corrected chi connectivity index (χ3v) is 4.39. The van der Waals surface area contributed by atoms with E-state index in [2.05, 4.69) is 36.2 Å². The van der Waals surface area contributed by atoms with Gasteiger partial charge >= 0.3 is 0 Å². The zero-order chi connectivity index (χ0) is 18.5. The average Bonchev–Trinajstić information content (AvgIpc) is 3.24. The molecule has 0 fully saturated rings. The van der Waals surface area contributed by atoms with E-state index in [1.165, 1.54) is 0 Å². The Morgan fingerprint density at radius 1 is 1.07 bits per heavy atom. The Bertz CT molecular complexity index is 1030. The van der Waals surface area contributed by atoms with Crippen LogP contribution in [0.1, 0.15) is 6.42 Å². The molecule has 0 spiro atoms. The molecule has 7 heteroatoms. The number of imidazole rings is 1. The maximum atomic E-state index is 4.87. The lowest BCUT2D eigenvalue weighted by atomic mass is 10.1. The van der Waals surface area contributed by atoms with E-state index in [1.54, 1.807) is 18.6 Å². The van der Waals surface area contributed by atoms with Crippen molar-refractivity contribution in [2.75, 3.05) is 24.2 Å². The summed E-state index contributed by atoms with van der Waals surface area (Å²) < 4.78 is 2.07. The molecule has 0 saturated heterocycles. The molecule has 0 aromatic carbocycles. The molecule has 4 rings (SSSR count). The summed E-state index contributed by atoms with van der Waals surface area (Å²) in [6.07, 6.45) is 12.0. The molecule has 0 unspecified atom stereocenters. The predicted molar refractivity (Wildman–Crippen MR) is 108 cm³/mol. The molecule has 4 aromatic heterocycles. The lowest BCUT2D eigenvalue weighted by Crippen LogP contribution is -2.08. The van der Waals surface area contributed by atoms with Crippen LogP contribution in [0.4, 0.5) is 11.6 Å². The lowest BCUT2D eigenvalue weighted by molar-refractivity contribution is 0.660. The van der Waals surface area contributed by atoms with Gasteiger partial charge in [-0.1, -0.05) is 0 Å². The Labute approximate surface area is 157 Å². The summed E-state index contributed by atoms with van der Waals surface area (Å²) in [5.41, 5.74) is 1.91. The molecule has 0 radical (unpaired) electrons. The van der Waals surface area contributed by atoms with Crippen LogP contribution in [-0.2, 0) is 6.54 Å². The molecule has 27 heavy (non-hydrogen) atoms. The molecule has 0 bridgehead atoms. The number of aryl methyl sites for hydroxylation is 1. The summed E-state index contributed by atoms with van der Waals surface area (Å²) in [7, 11) is 1.86. The van der Waals surface area contributed by atoms with Crippen molar-refractivity contribution in [3.05, 3.63) is 61.6 Å². The topological polar surface area (TPSA) is 80.5 Å². The van der Waals surface area contributed by atoms with E-state index in [1.807, 2.05) is 44.0 Å². The third kappa shape index (κ3) is 3.87. The van der Waals surface area contributed by atoms with E-state index in [0.29, 0.717) is 0 Å². The summed E-state index contributed by atoms with van der Waals surface area (Å²) in [4.78, 5) is 17.5. The Kier molecular flexibility index (Phi) is 4.91. The number of hydrogen-bond acceptors (Lipinski definition) is 6. The van der Waals surface area contributed by atoms with Gasteiger partial charge in [0.1, 0.15) is 11.6 Å². The third-order valence-electron chi connectivity index (χ3n) is 4.39. The Hall–Kier alpha value is -3.48. The monoisotopic (exact) mass is 359 g/mol. The SMILES string of the molecule is CNc1cc(-c2cc3cnccc3c(NCCCn3ccnc3)n2)ccn1. The number of nitrogens with one attached hydrogen (secondary N) is 2. The first kappa shape index (κ1) is 17.0. The molecule has 7 nitrogen and oxygen atoms in total. The minimum absolute atomic E-state index is 0.815. The summed E-state index contributed by atoms with van der Waals surface area (Å²) in [5, 5.41) is 8.68. The fourth-order valence-corrected chi connectivity index (χ4v) is 2.99. The van der Waals surface area contributed by atoms with Crippen molar-refractivity contribution in [1.82, 2.24) is 24.5 Å². The van der Waals surface area contributed by atoms with Crippen LogP contribution in [0, 0.1) is 0 Å². The Morgan fingerprint density at radius 2 is 2.04 bits per heavy atom. The molecule has 4 aromatic rings. The Balaban J connectivity index is 1.60. The quantitative estimate of drug-likeness (QED) is 0.492. The van der Waals surface area contributed by atoms with Crippen LogP contribution < -0.4 is 10.6 Å². The summed E-state index contributed by atoms with van der Waals surface area (Å²) in [5.74, 6) is 1.69. The van der Waals surface area contributed by atoms with Crippen molar-refractivity contribution in [1.29, 1.82) is 0 Å². The first-order chi connectivity index (χ1) is 13.3. The summed E-state index contributed by atoms with van der Waals surface area (Å²) in [6, 6.07) is 8.02. The standard InChI is InChI=1S/C20H21N7/c1-21-19-12-15(3-7-24-19)18-11-16-13-22-6-4-17(16)20(26-18)25-5-2-9-27-10-8-23-14-27/h3-4,6-8,10-14H,2,5,9H2,1H3,(H,21,24)(H,25,26). The number of rotatable bonds is 7. The molecular weight excluding hydrogens is 338 g/mol. The number of anilines is 2. The normalized spacial score (nSPS) is 10.9. The number of pyridine rings is 3. The summed E-state index contributed by atoms with van der Waals surface area (Å²) >= 11 is 0. The van der Waals surface area contributed by atoms with Gasteiger partial charge < -0.3 is 15.2 Å². The summed E-state index contributed by atoms with van der Waals surface area (Å²) in [6.45, 7) is 1.74. The highest BCUT2D eigenvalue weighted by Gasteiger charge is 2.08. The van der Waals surface area contributed by atoms with Gasteiger partial charge in [-0.15, -0.1) is 0 Å². The molecule has 0 atom stereocenters. The van der Waals surface area contributed by atoms with Gasteiger partial charge in [0, 0.05) is 67.5 Å². The second kappa shape index (κ2) is 7.82. The largest absolute Gasteiger partial charge is 0.373 e. The van der Waals surface area contributed by atoms with Crippen LogP contribution in [0.25, 0.3) is 22.0 Å². The molecule has 0 amide bonds. The van der Waals surface area contributed by atoms with Crippen LogP contribution in [0.15, 0.2) is 61.6 Å². The molecule has 0 aliphatic rings. The van der Waals surface area contributed by atoms with Gasteiger partial charge in [-0.05, 0) is 30.7 Å². The second-order valence-corrected chi connectivity index (χ2v) is 6.21. The van der Waals surface area contributed by atoms with E-state index < -0.39 is 0 Å². The van der Waals surface area contributed by atoms with Crippen molar-refractivity contribution >= 4 is 22.4 Å². The van der Waals surface area contributed by atoms with Crippen molar-refractivity contribution in [3.63, 3.8) is 0 Å². The maximum absolute atomic E-state index is 4.87. The molecular formula is C20H21N7. The number of hydrogen-bond donors (Lipinski definition) is 2. The number of fused-ring (bicyclic) bond motifs is 1. The maximum Gasteiger partial charge on any atom is 0.134 e. The highest BCUT2D eigenvalue weighted by atomic mass is 15.0. The van der Waals surface area contributed by atoms with Crippen LogP contribution in [0.5, 0.6) is 0 Å². The number of nitrogens with zero attached hydrogens (tertiary/aromatic N) is 5. The van der Waals surface area contributed by atoms with Crippen molar-refractivity contribution in [2.24, 2.45) is 0 Å². The van der Waals surface area contributed by atoms with Crippen LogP contribution in [-0.4, -0.2) is 38.1 Å². The van der Waals surface area contributed by atoms with E-state index in [0.717, 1.165) is 53.2 Å². The molecule has 0 aliphatic heterocycles. The van der Waals surface area contributed by atoms with Gasteiger partial charge in [0.15, 0.2) is 0 Å². The van der Waals surface area contributed by atoms with Crippen LogP contribution >= 0.6 is 0 Å². The fraction of sp³-hybridized carbons (Fsp3) is 0.200. The lowest BCUT2D eigenvalue weighted by Gasteiger charge is -2.12. The minimum Gasteiger partial charge on any atom is -0.373 e. The molecule has 2 N–H and O–H groups in total.